The zero-order chi connectivity index (χ0) is 13.4. The van der Waals surface area contributed by atoms with E-state index in [0.29, 0.717) is 11.0 Å². The highest BCUT2D eigenvalue weighted by molar-refractivity contribution is 7.98. The summed E-state index contributed by atoms with van der Waals surface area (Å²) >= 11 is 7.77. The van der Waals surface area contributed by atoms with E-state index in [-0.39, 0.29) is 5.56 Å². The molecule has 0 atom stereocenters. The Morgan fingerprint density at radius 3 is 3.05 bits per heavy atom. The molecule has 0 bridgehead atoms. The third-order valence-corrected chi connectivity index (χ3v) is 4.40. The van der Waals surface area contributed by atoms with Gasteiger partial charge in [0.1, 0.15) is 0 Å². The second kappa shape index (κ2) is 4.90. The summed E-state index contributed by atoms with van der Waals surface area (Å²) < 4.78 is 0. The van der Waals surface area contributed by atoms with Gasteiger partial charge in [0.05, 0.1) is 5.69 Å². The van der Waals surface area contributed by atoms with Crippen LogP contribution in [0.25, 0.3) is 0 Å². The molecule has 1 aromatic carbocycles. The van der Waals surface area contributed by atoms with E-state index < -0.39 is 0 Å². The van der Waals surface area contributed by atoms with E-state index in [1.54, 1.807) is 11.8 Å². The average molecular weight is 294 g/mol. The van der Waals surface area contributed by atoms with E-state index in [1.165, 1.54) is 0 Å². The van der Waals surface area contributed by atoms with E-state index in [2.05, 4.69) is 15.3 Å². The Balaban J connectivity index is 1.93. The smallest absolute Gasteiger partial charge is 0.256 e. The predicted octanol–water partition coefficient (Wildman–Crippen LogP) is 3.22. The van der Waals surface area contributed by atoms with Crippen LogP contribution in [0.5, 0.6) is 0 Å². The second-order valence-corrected chi connectivity index (χ2v) is 5.81. The van der Waals surface area contributed by atoms with Crippen molar-refractivity contribution in [2.75, 3.05) is 5.32 Å². The zero-order valence-electron chi connectivity index (χ0n) is 10.3. The van der Waals surface area contributed by atoms with Gasteiger partial charge in [-0.2, -0.15) is 11.8 Å². The molecule has 2 aromatic rings. The molecule has 4 nitrogen and oxygen atoms in total. The fourth-order valence-electron chi connectivity index (χ4n) is 1.93. The number of fused-ring (bicyclic) bond motifs is 1. The molecule has 0 saturated carbocycles. The standard InChI is InChI=1S/C13H12ClN3OS/c1-7-2-3-8(4-10(7)14)15-13-16-11-6-19-5-9(11)12(18)17-13/h2-4H,5-6H2,1H3,(H2,15,16,17,18). The lowest BCUT2D eigenvalue weighted by Crippen LogP contribution is -2.16. The summed E-state index contributed by atoms with van der Waals surface area (Å²) in [5.74, 6) is 2.00. The van der Waals surface area contributed by atoms with Gasteiger partial charge in [-0.15, -0.1) is 0 Å². The normalized spacial score (nSPS) is 13.4. The molecule has 0 saturated heterocycles. The maximum Gasteiger partial charge on any atom is 0.256 e. The number of aromatic amines is 1. The number of rotatable bonds is 2. The first kappa shape index (κ1) is 12.6. The van der Waals surface area contributed by atoms with E-state index >= 15 is 0 Å². The lowest BCUT2D eigenvalue weighted by Gasteiger charge is -2.08. The number of hydrogen-bond donors (Lipinski definition) is 2. The minimum atomic E-state index is -0.0595. The Morgan fingerprint density at radius 2 is 2.26 bits per heavy atom. The first-order valence-corrected chi connectivity index (χ1v) is 7.40. The molecule has 1 aromatic heterocycles. The molecule has 0 radical (unpaired) electrons. The Kier molecular flexibility index (Phi) is 3.24. The van der Waals surface area contributed by atoms with Crippen molar-refractivity contribution in [1.29, 1.82) is 0 Å². The summed E-state index contributed by atoms with van der Waals surface area (Å²) in [5.41, 5.74) is 3.42. The average Bonchev–Trinajstić information content (AvgIpc) is 2.82. The van der Waals surface area contributed by atoms with Gasteiger partial charge >= 0.3 is 0 Å². The van der Waals surface area contributed by atoms with Crippen LogP contribution in [0.4, 0.5) is 11.6 Å². The Labute approximate surface area is 119 Å². The van der Waals surface area contributed by atoms with Crippen LogP contribution in [0.15, 0.2) is 23.0 Å². The van der Waals surface area contributed by atoms with Crippen molar-refractivity contribution in [1.82, 2.24) is 9.97 Å². The molecular formula is C13H12ClN3OS. The number of nitrogens with zero attached hydrogens (tertiary/aromatic N) is 1. The maximum atomic E-state index is 11.9. The zero-order valence-corrected chi connectivity index (χ0v) is 11.9. The summed E-state index contributed by atoms with van der Waals surface area (Å²) in [6, 6.07) is 5.65. The largest absolute Gasteiger partial charge is 0.326 e. The van der Waals surface area contributed by atoms with Crippen molar-refractivity contribution in [3.8, 4) is 0 Å². The summed E-state index contributed by atoms with van der Waals surface area (Å²) in [6.45, 7) is 1.94. The van der Waals surface area contributed by atoms with Crippen molar-refractivity contribution >= 4 is 35.0 Å². The van der Waals surface area contributed by atoms with Gasteiger partial charge in [-0.05, 0) is 24.6 Å². The summed E-state index contributed by atoms with van der Waals surface area (Å²) in [6.07, 6.45) is 0. The first-order valence-electron chi connectivity index (χ1n) is 5.86. The first-order chi connectivity index (χ1) is 9.13. The Morgan fingerprint density at radius 1 is 1.42 bits per heavy atom. The van der Waals surface area contributed by atoms with Crippen LogP contribution in [0.2, 0.25) is 5.02 Å². The SMILES string of the molecule is Cc1ccc(Nc2nc3c(c(=O)[nH]2)CSC3)cc1Cl. The van der Waals surface area contributed by atoms with E-state index in [0.717, 1.165) is 34.0 Å². The molecule has 0 amide bonds. The topological polar surface area (TPSA) is 57.8 Å². The number of aryl methyl sites for hydroxylation is 1. The van der Waals surface area contributed by atoms with Gasteiger partial charge in [-0.1, -0.05) is 17.7 Å². The fraction of sp³-hybridized carbons (Fsp3) is 0.231. The second-order valence-electron chi connectivity index (χ2n) is 4.42. The van der Waals surface area contributed by atoms with E-state index in [4.69, 9.17) is 11.6 Å². The number of halogens is 1. The van der Waals surface area contributed by atoms with Crippen LogP contribution in [0.1, 0.15) is 16.8 Å². The Hall–Kier alpha value is -1.46. The van der Waals surface area contributed by atoms with Crippen molar-refractivity contribution < 1.29 is 0 Å². The monoisotopic (exact) mass is 293 g/mol. The minimum absolute atomic E-state index is 0.0595. The predicted molar refractivity (Wildman–Crippen MR) is 79.3 cm³/mol. The molecule has 98 valence electrons. The van der Waals surface area contributed by atoms with Crippen LogP contribution in [0.3, 0.4) is 0 Å². The molecule has 6 heteroatoms. The lowest BCUT2D eigenvalue weighted by molar-refractivity contribution is 1.03. The van der Waals surface area contributed by atoms with Gasteiger partial charge in [0.2, 0.25) is 5.95 Å². The van der Waals surface area contributed by atoms with E-state index in [9.17, 15) is 4.79 Å². The van der Waals surface area contributed by atoms with Crippen molar-refractivity contribution in [2.45, 2.75) is 18.4 Å². The molecule has 1 aliphatic heterocycles. The third-order valence-electron chi connectivity index (χ3n) is 3.02. The van der Waals surface area contributed by atoms with Crippen molar-refractivity contribution in [3.05, 3.63) is 50.4 Å². The van der Waals surface area contributed by atoms with Crippen LogP contribution in [-0.4, -0.2) is 9.97 Å². The third kappa shape index (κ3) is 2.48. The van der Waals surface area contributed by atoms with Gasteiger partial charge in [-0.3, -0.25) is 9.78 Å². The summed E-state index contributed by atoms with van der Waals surface area (Å²) in [7, 11) is 0. The number of thioether (sulfide) groups is 1. The molecular weight excluding hydrogens is 282 g/mol. The molecule has 2 heterocycles. The number of nitrogens with one attached hydrogen (secondary N) is 2. The molecule has 0 aliphatic carbocycles. The number of aromatic nitrogens is 2. The van der Waals surface area contributed by atoms with Gasteiger partial charge in [-0.25, -0.2) is 4.98 Å². The molecule has 0 spiro atoms. The van der Waals surface area contributed by atoms with Crippen LogP contribution in [0, 0.1) is 6.92 Å². The van der Waals surface area contributed by atoms with Gasteiger partial charge in [0, 0.05) is 27.8 Å². The van der Waals surface area contributed by atoms with Crippen molar-refractivity contribution in [2.24, 2.45) is 0 Å². The number of hydrogen-bond acceptors (Lipinski definition) is 4. The molecule has 0 unspecified atom stereocenters. The number of H-pyrrole nitrogens is 1. The minimum Gasteiger partial charge on any atom is -0.326 e. The van der Waals surface area contributed by atoms with Gasteiger partial charge in [0.25, 0.3) is 5.56 Å². The summed E-state index contributed by atoms with van der Waals surface area (Å²) in [4.78, 5) is 19.1. The fourth-order valence-corrected chi connectivity index (χ4v) is 3.15. The maximum absolute atomic E-state index is 11.9. The summed E-state index contributed by atoms with van der Waals surface area (Å²) in [5, 5.41) is 3.77. The van der Waals surface area contributed by atoms with E-state index in [1.807, 2.05) is 25.1 Å². The van der Waals surface area contributed by atoms with Gasteiger partial charge < -0.3 is 5.32 Å². The molecule has 19 heavy (non-hydrogen) atoms. The molecule has 3 rings (SSSR count). The lowest BCUT2D eigenvalue weighted by atomic mass is 10.2. The number of anilines is 2. The van der Waals surface area contributed by atoms with Crippen LogP contribution < -0.4 is 10.9 Å². The van der Waals surface area contributed by atoms with Crippen LogP contribution in [-0.2, 0) is 11.5 Å². The molecule has 0 fully saturated rings. The van der Waals surface area contributed by atoms with Gasteiger partial charge in [0.15, 0.2) is 0 Å². The highest BCUT2D eigenvalue weighted by Crippen LogP contribution is 2.27. The highest BCUT2D eigenvalue weighted by atomic mass is 35.5. The number of benzene rings is 1. The highest BCUT2D eigenvalue weighted by Gasteiger charge is 2.17. The van der Waals surface area contributed by atoms with Crippen molar-refractivity contribution in [3.63, 3.8) is 0 Å². The molecule has 2 N–H and O–H groups in total. The molecule has 1 aliphatic rings. The Bertz CT molecular complexity index is 699. The van der Waals surface area contributed by atoms with Crippen LogP contribution >= 0.6 is 23.4 Å². The quantitative estimate of drug-likeness (QED) is 0.892.